The molecule has 0 fully saturated rings. The average Bonchev–Trinajstić information content (AvgIpc) is 2.73. The maximum Gasteiger partial charge on any atom is 0.165 e. The van der Waals surface area contributed by atoms with Gasteiger partial charge in [0.1, 0.15) is 23.6 Å². The lowest BCUT2D eigenvalue weighted by Gasteiger charge is -2.13. The number of aromatic nitrogens is 3. The van der Waals surface area contributed by atoms with Crippen molar-refractivity contribution in [2.75, 3.05) is 20.0 Å². The zero-order valence-electron chi connectivity index (χ0n) is 15.3. The van der Waals surface area contributed by atoms with Gasteiger partial charge in [0.25, 0.3) is 0 Å². The molecule has 0 unspecified atom stereocenters. The Hall–Kier alpha value is -3.19. The number of nitrogens with zero attached hydrogens (tertiary/aromatic N) is 3. The number of para-hydroxylation sites is 1. The van der Waals surface area contributed by atoms with Crippen molar-refractivity contribution in [3.63, 3.8) is 0 Å². The molecular weight excluding hydrogens is 420 g/mol. The van der Waals surface area contributed by atoms with Crippen LogP contribution in [0.15, 0.2) is 59.3 Å². The van der Waals surface area contributed by atoms with Crippen LogP contribution in [0, 0.1) is 0 Å². The molecule has 2 aromatic carbocycles. The fourth-order valence-electron chi connectivity index (χ4n) is 3.14. The van der Waals surface area contributed by atoms with Crippen LogP contribution < -0.4 is 15.2 Å². The van der Waals surface area contributed by atoms with E-state index < -0.39 is 0 Å². The second-order valence-electron chi connectivity index (χ2n) is 6.06. The number of rotatable bonds is 4. The van der Waals surface area contributed by atoms with Gasteiger partial charge in [-0.2, -0.15) is 0 Å². The minimum atomic E-state index is 0.381. The lowest BCUT2D eigenvalue weighted by atomic mass is 9.99. The quantitative estimate of drug-likeness (QED) is 0.498. The van der Waals surface area contributed by atoms with Crippen LogP contribution in [0.25, 0.3) is 33.4 Å². The number of hydrogen-bond acceptors (Lipinski definition) is 6. The van der Waals surface area contributed by atoms with Crippen LogP contribution in [-0.2, 0) is 0 Å². The van der Waals surface area contributed by atoms with Gasteiger partial charge in [-0.3, -0.25) is 0 Å². The third kappa shape index (κ3) is 3.14. The van der Waals surface area contributed by atoms with Crippen LogP contribution in [0.5, 0.6) is 11.5 Å². The molecular formula is C21H17BrN4O2. The molecule has 0 saturated heterocycles. The van der Waals surface area contributed by atoms with Crippen molar-refractivity contribution in [2.24, 2.45) is 0 Å². The molecule has 28 heavy (non-hydrogen) atoms. The largest absolute Gasteiger partial charge is 0.496 e. The summed E-state index contributed by atoms with van der Waals surface area (Å²) in [5, 5.41) is 0.707. The first-order chi connectivity index (χ1) is 13.6. The molecule has 4 aromatic rings. The van der Waals surface area contributed by atoms with Gasteiger partial charge in [-0.1, -0.05) is 18.2 Å². The molecule has 2 N–H and O–H groups in total. The van der Waals surface area contributed by atoms with Crippen molar-refractivity contribution in [1.82, 2.24) is 15.0 Å². The van der Waals surface area contributed by atoms with Crippen molar-refractivity contribution in [3.8, 4) is 33.9 Å². The normalized spacial score (nSPS) is 10.8. The Balaban J connectivity index is 2.03. The lowest BCUT2D eigenvalue weighted by Crippen LogP contribution is -1.99. The van der Waals surface area contributed by atoms with Crippen LogP contribution in [-0.4, -0.2) is 29.2 Å². The zero-order chi connectivity index (χ0) is 19.7. The predicted octanol–water partition coefficient (Wildman–Crippen LogP) is 4.72. The number of halogens is 1. The van der Waals surface area contributed by atoms with E-state index in [9.17, 15) is 0 Å². The Morgan fingerprint density at radius 2 is 1.68 bits per heavy atom. The Bertz CT molecular complexity index is 1180. The van der Waals surface area contributed by atoms with Gasteiger partial charge >= 0.3 is 0 Å². The highest BCUT2D eigenvalue weighted by Gasteiger charge is 2.16. The maximum atomic E-state index is 6.18. The monoisotopic (exact) mass is 436 g/mol. The number of pyridine rings is 1. The molecule has 0 bridgehead atoms. The number of anilines is 1. The Morgan fingerprint density at radius 3 is 2.43 bits per heavy atom. The van der Waals surface area contributed by atoms with E-state index in [4.69, 9.17) is 20.2 Å². The van der Waals surface area contributed by atoms with E-state index in [0.717, 1.165) is 38.4 Å². The highest BCUT2D eigenvalue weighted by molar-refractivity contribution is 9.10. The molecule has 0 radical (unpaired) electrons. The summed E-state index contributed by atoms with van der Waals surface area (Å²) < 4.78 is 11.7. The smallest absolute Gasteiger partial charge is 0.165 e. The molecule has 4 rings (SSSR count). The standard InChI is InChI=1S/C21H17BrN4O2/c1-27-17-6-4-3-5-13(17)16-10-14(12-7-8-18(28-2)15(22)9-12)19-20(23)24-11-25-21(19)26-16/h3-11H,1-2H3,(H2,23,24,25,26). The van der Waals surface area contributed by atoms with E-state index in [-0.39, 0.29) is 0 Å². The number of ether oxygens (including phenoxy) is 2. The summed E-state index contributed by atoms with van der Waals surface area (Å²) in [5.74, 6) is 1.86. The summed E-state index contributed by atoms with van der Waals surface area (Å²) >= 11 is 3.55. The highest BCUT2D eigenvalue weighted by atomic mass is 79.9. The topological polar surface area (TPSA) is 83.2 Å². The van der Waals surface area contributed by atoms with E-state index in [1.54, 1.807) is 14.2 Å². The Kier molecular flexibility index (Phi) is 4.83. The number of methoxy groups -OCH3 is 2. The van der Waals surface area contributed by atoms with Gasteiger partial charge in [0.15, 0.2) is 5.65 Å². The minimum absolute atomic E-state index is 0.381. The van der Waals surface area contributed by atoms with Crippen LogP contribution >= 0.6 is 15.9 Å². The van der Waals surface area contributed by atoms with Gasteiger partial charge in [-0.05, 0) is 57.4 Å². The van der Waals surface area contributed by atoms with E-state index in [2.05, 4.69) is 25.9 Å². The van der Waals surface area contributed by atoms with Gasteiger partial charge < -0.3 is 15.2 Å². The molecule has 140 valence electrons. The Morgan fingerprint density at radius 1 is 0.893 bits per heavy atom. The summed E-state index contributed by atoms with van der Waals surface area (Å²) in [6.45, 7) is 0. The second kappa shape index (κ2) is 7.44. The molecule has 2 aromatic heterocycles. The minimum Gasteiger partial charge on any atom is -0.496 e. The molecule has 0 aliphatic heterocycles. The maximum absolute atomic E-state index is 6.18. The van der Waals surface area contributed by atoms with Gasteiger partial charge in [0, 0.05) is 5.56 Å². The third-order valence-electron chi connectivity index (χ3n) is 4.48. The van der Waals surface area contributed by atoms with Crippen LogP contribution in [0.1, 0.15) is 0 Å². The average molecular weight is 437 g/mol. The van der Waals surface area contributed by atoms with Crippen molar-refractivity contribution in [2.45, 2.75) is 0 Å². The molecule has 0 saturated carbocycles. The predicted molar refractivity (Wildman–Crippen MR) is 113 cm³/mol. The molecule has 0 aliphatic carbocycles. The third-order valence-corrected chi connectivity index (χ3v) is 5.10. The van der Waals surface area contributed by atoms with Crippen molar-refractivity contribution in [3.05, 3.63) is 59.3 Å². The van der Waals surface area contributed by atoms with E-state index in [1.165, 1.54) is 6.33 Å². The van der Waals surface area contributed by atoms with Crippen LogP contribution in [0.4, 0.5) is 5.82 Å². The summed E-state index contributed by atoms with van der Waals surface area (Å²) in [4.78, 5) is 13.2. The number of benzene rings is 2. The van der Waals surface area contributed by atoms with Gasteiger partial charge in [0.05, 0.1) is 29.8 Å². The molecule has 7 heteroatoms. The highest BCUT2D eigenvalue weighted by Crippen LogP contribution is 2.38. The summed E-state index contributed by atoms with van der Waals surface area (Å²) in [6.07, 6.45) is 1.42. The number of nitrogens with two attached hydrogens (primary N) is 1. The first kappa shape index (κ1) is 18.2. The van der Waals surface area contributed by atoms with Gasteiger partial charge in [-0.15, -0.1) is 0 Å². The SMILES string of the molecule is COc1ccc(-c2cc(-c3ccccc3OC)nc3ncnc(N)c23)cc1Br. The number of nitrogen functional groups attached to an aromatic ring is 1. The fourth-order valence-corrected chi connectivity index (χ4v) is 3.68. The van der Waals surface area contributed by atoms with Crippen molar-refractivity contribution in [1.29, 1.82) is 0 Å². The fraction of sp³-hybridized carbons (Fsp3) is 0.0952. The zero-order valence-corrected chi connectivity index (χ0v) is 16.9. The van der Waals surface area contributed by atoms with Crippen molar-refractivity contribution < 1.29 is 9.47 Å². The first-order valence-electron chi connectivity index (χ1n) is 8.51. The summed E-state index contributed by atoms with van der Waals surface area (Å²) in [6, 6.07) is 15.6. The van der Waals surface area contributed by atoms with Gasteiger partial charge in [-0.25, -0.2) is 15.0 Å². The van der Waals surface area contributed by atoms with Crippen LogP contribution in [0.3, 0.4) is 0 Å². The molecule has 6 nitrogen and oxygen atoms in total. The molecule has 0 spiro atoms. The molecule has 0 aliphatic rings. The van der Waals surface area contributed by atoms with E-state index in [1.807, 2.05) is 48.5 Å². The molecule has 0 atom stereocenters. The molecule has 2 heterocycles. The van der Waals surface area contributed by atoms with Crippen LogP contribution in [0.2, 0.25) is 0 Å². The number of hydrogen-bond donors (Lipinski definition) is 1. The molecule has 0 amide bonds. The van der Waals surface area contributed by atoms with Gasteiger partial charge in [0.2, 0.25) is 0 Å². The number of fused-ring (bicyclic) bond motifs is 1. The summed E-state index contributed by atoms with van der Waals surface area (Å²) in [7, 11) is 3.27. The van der Waals surface area contributed by atoms with E-state index >= 15 is 0 Å². The summed E-state index contributed by atoms with van der Waals surface area (Å²) in [5.41, 5.74) is 10.1. The van der Waals surface area contributed by atoms with Crippen molar-refractivity contribution >= 4 is 32.8 Å². The van der Waals surface area contributed by atoms with E-state index in [0.29, 0.717) is 16.9 Å². The Labute approximate surface area is 170 Å². The lowest BCUT2D eigenvalue weighted by molar-refractivity contribution is 0.412. The first-order valence-corrected chi connectivity index (χ1v) is 9.30. The second-order valence-corrected chi connectivity index (χ2v) is 6.92.